The van der Waals surface area contributed by atoms with E-state index in [1.54, 1.807) is 0 Å². The van der Waals surface area contributed by atoms with Crippen molar-refractivity contribution in [3.05, 3.63) is 63.1 Å². The first-order chi connectivity index (χ1) is 17.0. The van der Waals surface area contributed by atoms with Crippen LogP contribution >= 0.6 is 34.8 Å². The fraction of sp³-hybridized carbons (Fsp3) is 0.440. The van der Waals surface area contributed by atoms with E-state index in [1.165, 1.54) is 17.0 Å². The zero-order valence-electron chi connectivity index (χ0n) is 20.2. The van der Waals surface area contributed by atoms with Gasteiger partial charge in [-0.05, 0) is 37.0 Å². The van der Waals surface area contributed by atoms with Gasteiger partial charge in [0.2, 0.25) is 21.8 Å². The lowest BCUT2D eigenvalue weighted by atomic mass is 10.1. The number of sulfonamides is 1. The number of halogens is 3. The number of hydrogen-bond acceptors (Lipinski definition) is 4. The molecule has 3 rings (SSSR count). The Labute approximate surface area is 227 Å². The molecule has 1 fully saturated rings. The van der Waals surface area contributed by atoms with Crippen LogP contribution in [0, 0.1) is 0 Å². The van der Waals surface area contributed by atoms with Crippen molar-refractivity contribution in [2.24, 2.45) is 0 Å². The molecule has 0 heterocycles. The minimum absolute atomic E-state index is 0.0308. The van der Waals surface area contributed by atoms with Crippen molar-refractivity contribution < 1.29 is 18.0 Å². The topological polar surface area (TPSA) is 86.8 Å². The van der Waals surface area contributed by atoms with E-state index in [-0.39, 0.29) is 39.2 Å². The highest BCUT2D eigenvalue weighted by molar-refractivity contribution is 7.92. The van der Waals surface area contributed by atoms with Crippen LogP contribution in [0.4, 0.5) is 5.69 Å². The van der Waals surface area contributed by atoms with Crippen molar-refractivity contribution in [3.8, 4) is 0 Å². The van der Waals surface area contributed by atoms with Gasteiger partial charge in [0.25, 0.3) is 0 Å². The summed E-state index contributed by atoms with van der Waals surface area (Å²) >= 11 is 18.4. The molecule has 2 amide bonds. The molecular weight excluding hydrogens is 545 g/mol. The molecule has 196 valence electrons. The second-order valence-electron chi connectivity index (χ2n) is 8.91. The van der Waals surface area contributed by atoms with Crippen LogP contribution in [0.1, 0.15) is 44.6 Å². The third-order valence-corrected chi connectivity index (χ3v) is 8.37. The number of carbonyl (C=O) groups excluding carboxylic acids is 2. The maximum absolute atomic E-state index is 13.7. The molecule has 0 aromatic heterocycles. The summed E-state index contributed by atoms with van der Waals surface area (Å²) in [6.45, 7) is 1.41. The third-order valence-electron chi connectivity index (χ3n) is 6.22. The first kappa shape index (κ1) is 28.6. The summed E-state index contributed by atoms with van der Waals surface area (Å²) in [5.41, 5.74) is 0.849. The quantitative estimate of drug-likeness (QED) is 0.391. The van der Waals surface area contributed by atoms with Crippen LogP contribution in [-0.2, 0) is 26.2 Å². The Balaban J connectivity index is 1.95. The lowest BCUT2D eigenvalue weighted by Gasteiger charge is -2.33. The van der Waals surface area contributed by atoms with Crippen LogP contribution in [0.3, 0.4) is 0 Å². The van der Waals surface area contributed by atoms with Crippen LogP contribution in [0.15, 0.2) is 42.5 Å². The van der Waals surface area contributed by atoms with Crippen molar-refractivity contribution in [1.82, 2.24) is 10.2 Å². The molecule has 0 saturated heterocycles. The number of carbonyl (C=O) groups is 2. The Bertz CT molecular complexity index is 1190. The van der Waals surface area contributed by atoms with E-state index < -0.39 is 28.5 Å². The molecule has 36 heavy (non-hydrogen) atoms. The zero-order valence-corrected chi connectivity index (χ0v) is 23.3. The number of rotatable bonds is 10. The number of amides is 2. The van der Waals surface area contributed by atoms with Crippen LogP contribution in [-0.4, -0.2) is 50.0 Å². The maximum atomic E-state index is 13.7. The van der Waals surface area contributed by atoms with Gasteiger partial charge in [-0.1, -0.05) is 84.9 Å². The van der Waals surface area contributed by atoms with E-state index in [1.807, 2.05) is 37.3 Å². The molecule has 11 heteroatoms. The lowest BCUT2D eigenvalue weighted by molar-refractivity contribution is -0.140. The molecule has 1 aliphatic carbocycles. The minimum Gasteiger partial charge on any atom is -0.352 e. The van der Waals surface area contributed by atoms with Gasteiger partial charge in [0.05, 0.1) is 27.0 Å². The van der Waals surface area contributed by atoms with Crippen molar-refractivity contribution in [1.29, 1.82) is 0 Å². The summed E-state index contributed by atoms with van der Waals surface area (Å²) in [5.74, 6) is -0.785. The smallest absolute Gasteiger partial charge is 0.244 e. The Hall–Kier alpha value is -2.00. The normalized spacial score (nSPS) is 14.9. The van der Waals surface area contributed by atoms with E-state index in [2.05, 4.69) is 5.32 Å². The minimum atomic E-state index is -3.94. The highest BCUT2D eigenvalue weighted by Crippen LogP contribution is 2.35. The van der Waals surface area contributed by atoms with Gasteiger partial charge in [-0.25, -0.2) is 8.42 Å². The van der Waals surface area contributed by atoms with Crippen molar-refractivity contribution in [2.45, 2.75) is 57.7 Å². The van der Waals surface area contributed by atoms with Crippen LogP contribution in [0.25, 0.3) is 0 Å². The summed E-state index contributed by atoms with van der Waals surface area (Å²) in [6.07, 6.45) is 5.28. The zero-order chi connectivity index (χ0) is 26.5. The number of anilines is 1. The Kier molecular flexibility index (Phi) is 9.92. The number of hydrogen-bond donors (Lipinski definition) is 1. The predicted octanol–water partition coefficient (Wildman–Crippen LogP) is 5.28. The van der Waals surface area contributed by atoms with Gasteiger partial charge in [-0.15, -0.1) is 0 Å². The average Bonchev–Trinajstić information content (AvgIpc) is 3.33. The molecule has 0 aliphatic heterocycles. The number of nitrogens with zero attached hydrogens (tertiary/aromatic N) is 2. The Morgan fingerprint density at radius 3 is 2.22 bits per heavy atom. The summed E-state index contributed by atoms with van der Waals surface area (Å²) in [7, 11) is -3.94. The number of benzene rings is 2. The molecule has 1 N–H and O–H groups in total. The monoisotopic (exact) mass is 573 g/mol. The molecule has 0 spiro atoms. The molecule has 1 atom stereocenters. The summed E-state index contributed by atoms with van der Waals surface area (Å²) in [6, 6.07) is 11.2. The van der Waals surface area contributed by atoms with Gasteiger partial charge in [-0.3, -0.25) is 13.9 Å². The number of nitrogens with one attached hydrogen (secondary N) is 1. The Morgan fingerprint density at radius 1 is 1.03 bits per heavy atom. The molecule has 2 aromatic carbocycles. The van der Waals surface area contributed by atoms with Gasteiger partial charge in [0, 0.05) is 12.6 Å². The molecule has 1 unspecified atom stereocenters. The van der Waals surface area contributed by atoms with Gasteiger partial charge in [-0.2, -0.15) is 0 Å². The van der Waals surface area contributed by atoms with Gasteiger partial charge in [0.1, 0.15) is 12.6 Å². The van der Waals surface area contributed by atoms with Gasteiger partial charge < -0.3 is 10.2 Å². The SMILES string of the molecule is CCC(C(=O)NC1CCCC1)N(Cc1ccccc1)C(=O)CN(c1cc(Cl)c(Cl)cc1Cl)S(C)(=O)=O. The highest BCUT2D eigenvalue weighted by Gasteiger charge is 2.33. The van der Waals surface area contributed by atoms with Crippen LogP contribution in [0.2, 0.25) is 15.1 Å². The first-order valence-electron chi connectivity index (χ1n) is 11.8. The third kappa shape index (κ3) is 7.28. The molecule has 0 radical (unpaired) electrons. The highest BCUT2D eigenvalue weighted by atomic mass is 35.5. The fourth-order valence-corrected chi connectivity index (χ4v) is 5.91. The van der Waals surface area contributed by atoms with Crippen molar-refractivity contribution in [3.63, 3.8) is 0 Å². The van der Waals surface area contributed by atoms with Crippen LogP contribution < -0.4 is 9.62 Å². The van der Waals surface area contributed by atoms with Crippen LogP contribution in [0.5, 0.6) is 0 Å². The van der Waals surface area contributed by atoms with E-state index in [4.69, 9.17) is 34.8 Å². The van der Waals surface area contributed by atoms with E-state index in [0.29, 0.717) is 6.42 Å². The molecule has 0 bridgehead atoms. The molecular formula is C25H30Cl3N3O4S. The van der Waals surface area contributed by atoms with Crippen molar-refractivity contribution in [2.75, 3.05) is 17.1 Å². The second-order valence-corrected chi connectivity index (χ2v) is 12.0. The summed E-state index contributed by atoms with van der Waals surface area (Å²) < 4.78 is 26.4. The summed E-state index contributed by atoms with van der Waals surface area (Å²) in [5, 5.41) is 3.36. The lowest BCUT2D eigenvalue weighted by Crippen LogP contribution is -2.53. The van der Waals surface area contributed by atoms with Crippen molar-refractivity contribution >= 4 is 62.3 Å². The molecule has 1 saturated carbocycles. The maximum Gasteiger partial charge on any atom is 0.244 e. The Morgan fingerprint density at radius 2 is 1.64 bits per heavy atom. The van der Waals surface area contributed by atoms with E-state index in [9.17, 15) is 18.0 Å². The van der Waals surface area contributed by atoms with Gasteiger partial charge in [0.15, 0.2) is 0 Å². The largest absolute Gasteiger partial charge is 0.352 e. The van der Waals surface area contributed by atoms with Gasteiger partial charge >= 0.3 is 0 Å². The van der Waals surface area contributed by atoms with E-state index >= 15 is 0 Å². The fourth-order valence-electron chi connectivity index (χ4n) is 4.37. The molecule has 7 nitrogen and oxygen atoms in total. The second kappa shape index (κ2) is 12.5. The first-order valence-corrected chi connectivity index (χ1v) is 14.8. The van der Waals surface area contributed by atoms with E-state index in [0.717, 1.165) is 41.8 Å². The molecule has 1 aliphatic rings. The molecule has 2 aromatic rings. The average molecular weight is 575 g/mol. The predicted molar refractivity (Wildman–Crippen MR) is 145 cm³/mol. The standard InChI is InChI=1S/C25H30Cl3N3O4S/c1-3-22(25(33)29-18-11-7-8-12-18)30(15-17-9-5-4-6-10-17)24(32)16-31(36(2,34)35)23-14-20(27)19(26)13-21(23)28/h4-6,9-10,13-14,18,22H,3,7-8,11-12,15-16H2,1-2H3,(H,29,33). The summed E-state index contributed by atoms with van der Waals surface area (Å²) in [4.78, 5) is 28.4.